The Kier molecular flexibility index (Phi) is 4.55. The molecule has 5 heteroatoms. The molecule has 3 nitrogen and oxygen atoms in total. The highest BCUT2D eigenvalue weighted by Crippen LogP contribution is 2.12. The zero-order chi connectivity index (χ0) is 10.4. The lowest BCUT2D eigenvalue weighted by Crippen LogP contribution is -2.31. The van der Waals surface area contributed by atoms with Gasteiger partial charge in [0.1, 0.15) is 0 Å². The first-order valence-electron chi connectivity index (χ1n) is 4.35. The molecule has 2 N–H and O–H groups in total. The predicted molar refractivity (Wildman–Crippen MR) is 66.1 cm³/mol. The largest absolute Gasteiger partial charge is 0.362 e. The first-order valence-corrected chi connectivity index (χ1v) is 5.64. The highest BCUT2D eigenvalue weighted by atomic mass is 32.1. The fourth-order valence-corrected chi connectivity index (χ4v) is 1.85. The van der Waals surface area contributed by atoms with E-state index in [9.17, 15) is 0 Å². The molecule has 76 valence electrons. The van der Waals surface area contributed by atoms with Gasteiger partial charge in [-0.05, 0) is 43.1 Å². The van der Waals surface area contributed by atoms with Crippen LogP contribution in [0.25, 0.3) is 0 Å². The Hall–Kier alpha value is -0.940. The lowest BCUT2D eigenvalue weighted by molar-refractivity contribution is 0.904. The quantitative estimate of drug-likeness (QED) is 0.470. The smallest absolute Gasteiger partial charge is 0.186 e. The molecule has 0 aliphatic heterocycles. The van der Waals surface area contributed by atoms with Crippen LogP contribution in [0.3, 0.4) is 0 Å². The van der Waals surface area contributed by atoms with Crippen molar-refractivity contribution in [1.29, 1.82) is 0 Å². The van der Waals surface area contributed by atoms with E-state index in [1.54, 1.807) is 17.6 Å². The van der Waals surface area contributed by atoms with Gasteiger partial charge in [-0.15, -0.1) is 11.3 Å². The minimum atomic E-state index is 0.554. The minimum Gasteiger partial charge on any atom is -0.362 e. The van der Waals surface area contributed by atoms with Crippen molar-refractivity contribution in [3.05, 3.63) is 21.9 Å². The average Bonchev–Trinajstić information content (AvgIpc) is 2.52. The van der Waals surface area contributed by atoms with Gasteiger partial charge >= 0.3 is 0 Å². The zero-order valence-electron chi connectivity index (χ0n) is 8.20. The molecule has 0 aliphatic rings. The topological polar surface area (TPSA) is 36.4 Å². The molecule has 0 aliphatic carbocycles. The third-order valence-electron chi connectivity index (χ3n) is 1.59. The van der Waals surface area contributed by atoms with Gasteiger partial charge in [0.25, 0.3) is 0 Å². The lowest BCUT2D eigenvalue weighted by atomic mass is 10.3. The minimum absolute atomic E-state index is 0.554. The van der Waals surface area contributed by atoms with Gasteiger partial charge in [0.2, 0.25) is 0 Å². The molecule has 1 aromatic rings. The van der Waals surface area contributed by atoms with E-state index in [2.05, 4.69) is 28.8 Å². The van der Waals surface area contributed by atoms with Crippen LogP contribution in [-0.4, -0.2) is 17.9 Å². The maximum absolute atomic E-state index is 4.95. The normalized spacial score (nSPS) is 10.4. The summed E-state index contributed by atoms with van der Waals surface area (Å²) in [5.74, 6) is 0. The highest BCUT2D eigenvalue weighted by Gasteiger charge is 1.94. The van der Waals surface area contributed by atoms with Crippen molar-refractivity contribution < 1.29 is 0 Å². The van der Waals surface area contributed by atoms with Crippen LogP contribution in [0.4, 0.5) is 0 Å². The van der Waals surface area contributed by atoms with Gasteiger partial charge in [-0.25, -0.2) is 0 Å². The number of thiocarbonyl (C=S) groups is 1. The molecule has 0 saturated carbocycles. The van der Waals surface area contributed by atoms with Gasteiger partial charge in [-0.2, -0.15) is 5.10 Å². The second-order valence-corrected chi connectivity index (χ2v) is 4.05. The fourth-order valence-electron chi connectivity index (χ4n) is 0.866. The molecule has 14 heavy (non-hydrogen) atoms. The van der Waals surface area contributed by atoms with Gasteiger partial charge in [0.05, 0.1) is 6.21 Å². The maximum Gasteiger partial charge on any atom is 0.186 e. The molecule has 0 bridgehead atoms. The van der Waals surface area contributed by atoms with Crippen molar-refractivity contribution >= 4 is 34.9 Å². The second-order valence-electron chi connectivity index (χ2n) is 2.70. The molecule has 0 fully saturated rings. The number of hydrogen-bond acceptors (Lipinski definition) is 3. The Bertz CT molecular complexity index is 331. The Labute approximate surface area is 93.2 Å². The zero-order valence-corrected chi connectivity index (χ0v) is 9.84. The Morgan fingerprint density at radius 1 is 1.71 bits per heavy atom. The molecule has 1 aromatic heterocycles. The van der Waals surface area contributed by atoms with E-state index in [-0.39, 0.29) is 0 Å². The number of aryl methyl sites for hydroxylation is 1. The monoisotopic (exact) mass is 227 g/mol. The summed E-state index contributed by atoms with van der Waals surface area (Å²) in [5.41, 5.74) is 3.98. The van der Waals surface area contributed by atoms with Gasteiger partial charge < -0.3 is 5.32 Å². The van der Waals surface area contributed by atoms with Gasteiger partial charge in [0.15, 0.2) is 5.11 Å². The van der Waals surface area contributed by atoms with Crippen molar-refractivity contribution in [1.82, 2.24) is 10.7 Å². The van der Waals surface area contributed by atoms with Crippen molar-refractivity contribution in [2.75, 3.05) is 6.54 Å². The third kappa shape index (κ3) is 3.43. The lowest BCUT2D eigenvalue weighted by Gasteiger charge is -2.02. The van der Waals surface area contributed by atoms with Crippen LogP contribution in [-0.2, 0) is 0 Å². The van der Waals surface area contributed by atoms with Gasteiger partial charge in [-0.1, -0.05) is 0 Å². The molecule has 1 rings (SSSR count). The Morgan fingerprint density at radius 2 is 2.50 bits per heavy atom. The molecular formula is C9H13N3S2. The molecular weight excluding hydrogens is 214 g/mol. The van der Waals surface area contributed by atoms with E-state index in [0.717, 1.165) is 11.4 Å². The van der Waals surface area contributed by atoms with E-state index in [1.165, 1.54) is 5.56 Å². The molecule has 0 spiro atoms. The Balaban J connectivity index is 2.42. The molecule has 1 heterocycles. The summed E-state index contributed by atoms with van der Waals surface area (Å²) in [5, 5.41) is 9.57. The van der Waals surface area contributed by atoms with Crippen molar-refractivity contribution in [3.8, 4) is 0 Å². The summed E-state index contributed by atoms with van der Waals surface area (Å²) >= 11 is 6.61. The number of hydrogen-bond donors (Lipinski definition) is 2. The molecule has 0 aromatic carbocycles. The SMILES string of the molecule is CCNC(=S)NN=Cc1sccc1C. The van der Waals surface area contributed by atoms with Crippen LogP contribution >= 0.6 is 23.6 Å². The summed E-state index contributed by atoms with van der Waals surface area (Å²) in [6.07, 6.45) is 1.78. The second kappa shape index (κ2) is 5.72. The van der Waals surface area contributed by atoms with Crippen LogP contribution in [0.15, 0.2) is 16.5 Å². The highest BCUT2D eigenvalue weighted by molar-refractivity contribution is 7.80. The summed E-state index contributed by atoms with van der Waals surface area (Å²) in [4.78, 5) is 1.15. The van der Waals surface area contributed by atoms with E-state index < -0.39 is 0 Å². The summed E-state index contributed by atoms with van der Waals surface area (Å²) < 4.78 is 0. The van der Waals surface area contributed by atoms with Crippen LogP contribution < -0.4 is 10.7 Å². The molecule has 0 radical (unpaired) electrons. The predicted octanol–water partition coefficient (Wildman–Crippen LogP) is 1.87. The standard InChI is InChI=1S/C9H13N3S2/c1-3-10-9(13)12-11-6-8-7(2)4-5-14-8/h4-6H,3H2,1-2H3,(H2,10,12,13). The van der Waals surface area contributed by atoms with Crippen LogP contribution in [0.1, 0.15) is 17.4 Å². The molecule has 0 unspecified atom stereocenters. The number of thiophene rings is 1. The molecule has 0 atom stereocenters. The first-order chi connectivity index (χ1) is 6.74. The van der Waals surface area contributed by atoms with Crippen LogP contribution in [0, 0.1) is 6.92 Å². The first kappa shape index (κ1) is 11.1. The van der Waals surface area contributed by atoms with Crippen molar-refractivity contribution in [2.45, 2.75) is 13.8 Å². The molecule has 0 amide bonds. The summed E-state index contributed by atoms with van der Waals surface area (Å²) in [6, 6.07) is 2.06. The fraction of sp³-hybridized carbons (Fsp3) is 0.333. The third-order valence-corrected chi connectivity index (χ3v) is 2.78. The van der Waals surface area contributed by atoms with E-state index >= 15 is 0 Å². The van der Waals surface area contributed by atoms with Crippen molar-refractivity contribution in [2.24, 2.45) is 5.10 Å². The number of nitrogens with one attached hydrogen (secondary N) is 2. The summed E-state index contributed by atoms with van der Waals surface area (Å²) in [6.45, 7) is 4.85. The van der Waals surface area contributed by atoms with Crippen molar-refractivity contribution in [3.63, 3.8) is 0 Å². The number of rotatable bonds is 3. The van der Waals surface area contributed by atoms with Crippen LogP contribution in [0.5, 0.6) is 0 Å². The van der Waals surface area contributed by atoms with Gasteiger partial charge in [-0.3, -0.25) is 5.43 Å². The van der Waals surface area contributed by atoms with E-state index in [0.29, 0.717) is 5.11 Å². The number of hydrazone groups is 1. The summed E-state index contributed by atoms with van der Waals surface area (Å²) in [7, 11) is 0. The molecule has 0 saturated heterocycles. The number of nitrogens with zero attached hydrogens (tertiary/aromatic N) is 1. The van der Waals surface area contributed by atoms with Crippen LogP contribution in [0.2, 0.25) is 0 Å². The maximum atomic E-state index is 4.95. The van der Waals surface area contributed by atoms with E-state index in [4.69, 9.17) is 12.2 Å². The van der Waals surface area contributed by atoms with E-state index in [1.807, 2.05) is 12.3 Å². The Morgan fingerprint density at radius 3 is 3.07 bits per heavy atom. The average molecular weight is 227 g/mol. The van der Waals surface area contributed by atoms with Gasteiger partial charge in [0, 0.05) is 11.4 Å².